The van der Waals surface area contributed by atoms with Crippen LogP contribution in [-0.2, 0) is 26.2 Å². The number of amides is 2. The maximum absolute atomic E-state index is 14.2. The van der Waals surface area contributed by atoms with Gasteiger partial charge < -0.3 is 19.7 Å². The van der Waals surface area contributed by atoms with Gasteiger partial charge in [0.1, 0.15) is 24.1 Å². The van der Waals surface area contributed by atoms with E-state index in [2.05, 4.69) is 5.32 Å². The molecule has 3 rings (SSSR count). The van der Waals surface area contributed by atoms with Crippen molar-refractivity contribution in [3.05, 3.63) is 83.4 Å². The minimum atomic E-state index is -4.26. The molecule has 0 aliphatic heterocycles. The first-order chi connectivity index (χ1) is 20.0. The van der Waals surface area contributed by atoms with E-state index in [1.54, 1.807) is 48.5 Å². The van der Waals surface area contributed by atoms with E-state index in [1.165, 1.54) is 43.4 Å². The van der Waals surface area contributed by atoms with E-state index in [0.29, 0.717) is 17.2 Å². The molecule has 42 heavy (non-hydrogen) atoms. The van der Waals surface area contributed by atoms with E-state index in [0.717, 1.165) is 16.3 Å². The van der Waals surface area contributed by atoms with Crippen molar-refractivity contribution >= 4 is 39.1 Å². The van der Waals surface area contributed by atoms with Crippen LogP contribution in [-0.4, -0.2) is 58.0 Å². The van der Waals surface area contributed by atoms with E-state index in [4.69, 9.17) is 21.1 Å². The molecule has 0 aliphatic carbocycles. The van der Waals surface area contributed by atoms with Gasteiger partial charge in [-0.25, -0.2) is 8.42 Å². The first kappa shape index (κ1) is 32.8. The van der Waals surface area contributed by atoms with E-state index >= 15 is 0 Å². The Bertz CT molecular complexity index is 1450. The highest BCUT2D eigenvalue weighted by Gasteiger charge is 2.35. The molecule has 0 aromatic heterocycles. The Balaban J connectivity index is 2.09. The number of hydrogen-bond donors (Lipinski definition) is 1. The van der Waals surface area contributed by atoms with Crippen molar-refractivity contribution in [1.82, 2.24) is 10.2 Å². The molecule has 9 nitrogen and oxygen atoms in total. The summed E-state index contributed by atoms with van der Waals surface area (Å²) < 4.78 is 39.8. The molecule has 0 heterocycles. The fraction of sp³-hybridized carbons (Fsp3) is 0.355. The van der Waals surface area contributed by atoms with Gasteiger partial charge >= 0.3 is 0 Å². The van der Waals surface area contributed by atoms with Crippen LogP contribution in [0.5, 0.6) is 11.5 Å². The predicted octanol–water partition coefficient (Wildman–Crippen LogP) is 5.27. The number of rotatable bonds is 14. The highest BCUT2D eigenvalue weighted by molar-refractivity contribution is 7.92. The second kappa shape index (κ2) is 14.9. The van der Waals surface area contributed by atoms with Crippen molar-refractivity contribution in [2.75, 3.05) is 25.1 Å². The summed E-state index contributed by atoms with van der Waals surface area (Å²) >= 11 is 6.08. The van der Waals surface area contributed by atoms with Crippen LogP contribution in [0.25, 0.3) is 0 Å². The minimum absolute atomic E-state index is 0.0344. The standard InChI is InChI=1S/C31H38ClN3O6S/c1-6-22(3)33-31(37)27(7-2)34(20-23-12-14-24(32)15-13-23)30(36)21-35(28-10-8-9-11-29(28)41-5)42(38,39)26-18-16-25(40-4)17-19-26/h8-19,22,27H,6-7,20-21H2,1-5H3,(H,33,37)/t22-,27+/m0/s1. The Morgan fingerprint density at radius 2 is 1.55 bits per heavy atom. The summed E-state index contributed by atoms with van der Waals surface area (Å²) in [5.41, 5.74) is 0.928. The van der Waals surface area contributed by atoms with Gasteiger partial charge in [0.05, 0.1) is 24.8 Å². The third-order valence-electron chi connectivity index (χ3n) is 6.93. The Morgan fingerprint density at radius 1 is 0.905 bits per heavy atom. The van der Waals surface area contributed by atoms with E-state index in [9.17, 15) is 18.0 Å². The second-order valence-electron chi connectivity index (χ2n) is 9.75. The monoisotopic (exact) mass is 615 g/mol. The number of hydrogen-bond acceptors (Lipinski definition) is 6. The highest BCUT2D eigenvalue weighted by Crippen LogP contribution is 2.33. The predicted molar refractivity (Wildman–Crippen MR) is 164 cm³/mol. The maximum Gasteiger partial charge on any atom is 0.264 e. The zero-order chi connectivity index (χ0) is 30.9. The molecule has 0 fully saturated rings. The third-order valence-corrected chi connectivity index (χ3v) is 8.96. The fourth-order valence-electron chi connectivity index (χ4n) is 4.37. The molecule has 0 spiro atoms. The van der Waals surface area contributed by atoms with E-state index < -0.39 is 28.5 Å². The fourth-order valence-corrected chi connectivity index (χ4v) is 5.92. The molecule has 0 radical (unpaired) electrons. The first-order valence-electron chi connectivity index (χ1n) is 13.7. The Labute approximate surface area is 253 Å². The first-order valence-corrected chi connectivity index (χ1v) is 15.5. The molecule has 2 atom stereocenters. The van der Waals surface area contributed by atoms with Crippen molar-refractivity contribution in [1.29, 1.82) is 0 Å². The average Bonchev–Trinajstić information content (AvgIpc) is 3.00. The normalized spacial score (nSPS) is 12.6. The lowest BCUT2D eigenvalue weighted by molar-refractivity contribution is -0.140. The van der Waals surface area contributed by atoms with Crippen molar-refractivity contribution in [3.8, 4) is 11.5 Å². The van der Waals surface area contributed by atoms with Crippen molar-refractivity contribution in [2.45, 2.75) is 57.1 Å². The van der Waals surface area contributed by atoms with Crippen LogP contribution in [0.3, 0.4) is 0 Å². The average molecular weight is 616 g/mol. The van der Waals surface area contributed by atoms with Crippen LogP contribution < -0.4 is 19.1 Å². The van der Waals surface area contributed by atoms with E-state index in [1.807, 2.05) is 20.8 Å². The minimum Gasteiger partial charge on any atom is -0.497 e. The molecular formula is C31H38ClN3O6S. The third kappa shape index (κ3) is 7.95. The number of methoxy groups -OCH3 is 2. The molecule has 11 heteroatoms. The number of nitrogens with zero attached hydrogens (tertiary/aromatic N) is 2. The van der Waals surface area contributed by atoms with Gasteiger partial charge in [0.25, 0.3) is 10.0 Å². The molecule has 3 aromatic rings. The lowest BCUT2D eigenvalue weighted by Gasteiger charge is -2.34. The zero-order valence-electron chi connectivity index (χ0n) is 24.5. The molecule has 3 aromatic carbocycles. The summed E-state index contributed by atoms with van der Waals surface area (Å²) in [6.45, 7) is 5.16. The van der Waals surface area contributed by atoms with Crippen LogP contribution in [0, 0.1) is 0 Å². The van der Waals surface area contributed by atoms with Gasteiger partial charge in [0.2, 0.25) is 11.8 Å². The number of nitrogens with one attached hydrogen (secondary N) is 1. The quantitative estimate of drug-likeness (QED) is 0.265. The molecule has 1 N–H and O–H groups in total. The number of carbonyl (C=O) groups excluding carboxylic acids is 2. The molecule has 0 unspecified atom stereocenters. The van der Waals surface area contributed by atoms with E-state index in [-0.39, 0.29) is 34.8 Å². The van der Waals surface area contributed by atoms with Gasteiger partial charge in [-0.05, 0) is 73.9 Å². The zero-order valence-corrected chi connectivity index (χ0v) is 26.1. The van der Waals surface area contributed by atoms with Crippen LogP contribution in [0.2, 0.25) is 5.02 Å². The van der Waals surface area contributed by atoms with Crippen molar-refractivity contribution in [2.24, 2.45) is 0 Å². The summed E-state index contributed by atoms with van der Waals surface area (Å²) in [5.74, 6) is -0.107. The van der Waals surface area contributed by atoms with Crippen molar-refractivity contribution in [3.63, 3.8) is 0 Å². The Kier molecular flexibility index (Phi) is 11.6. The molecule has 0 saturated carbocycles. The summed E-state index contributed by atoms with van der Waals surface area (Å²) in [4.78, 5) is 29.0. The number of benzene rings is 3. The van der Waals surface area contributed by atoms with Gasteiger partial charge in [0.15, 0.2) is 0 Å². The number of carbonyl (C=O) groups is 2. The van der Waals surface area contributed by atoms with Gasteiger partial charge in [-0.1, -0.05) is 49.7 Å². The van der Waals surface area contributed by atoms with Gasteiger partial charge in [-0.2, -0.15) is 0 Å². The molecule has 0 saturated heterocycles. The lowest BCUT2D eigenvalue weighted by atomic mass is 10.1. The number of para-hydroxylation sites is 2. The number of ether oxygens (including phenoxy) is 2. The molecular weight excluding hydrogens is 578 g/mol. The van der Waals surface area contributed by atoms with Crippen LogP contribution in [0.1, 0.15) is 39.2 Å². The number of halogens is 1. The highest BCUT2D eigenvalue weighted by atomic mass is 35.5. The second-order valence-corrected chi connectivity index (χ2v) is 12.0. The van der Waals surface area contributed by atoms with Crippen LogP contribution >= 0.6 is 11.6 Å². The summed E-state index contributed by atoms with van der Waals surface area (Å²) in [6.07, 6.45) is 1.04. The summed E-state index contributed by atoms with van der Waals surface area (Å²) in [6, 6.07) is 18.5. The van der Waals surface area contributed by atoms with Crippen LogP contribution in [0.4, 0.5) is 5.69 Å². The Morgan fingerprint density at radius 3 is 2.12 bits per heavy atom. The maximum atomic E-state index is 14.2. The molecule has 0 bridgehead atoms. The number of anilines is 1. The Hall–Kier alpha value is -3.76. The van der Waals surface area contributed by atoms with Crippen LogP contribution in [0.15, 0.2) is 77.7 Å². The SMILES string of the molecule is CC[C@H](C(=O)N[C@@H](C)CC)N(Cc1ccc(Cl)cc1)C(=O)CN(c1ccccc1OC)S(=O)(=O)c1ccc(OC)cc1. The lowest BCUT2D eigenvalue weighted by Crippen LogP contribution is -2.53. The van der Waals surface area contributed by atoms with Gasteiger partial charge in [-0.3, -0.25) is 13.9 Å². The molecule has 0 aliphatic rings. The molecule has 226 valence electrons. The number of sulfonamides is 1. The largest absolute Gasteiger partial charge is 0.497 e. The molecule has 2 amide bonds. The smallest absolute Gasteiger partial charge is 0.264 e. The van der Waals surface area contributed by atoms with Crippen molar-refractivity contribution < 1.29 is 27.5 Å². The van der Waals surface area contributed by atoms with Gasteiger partial charge in [0, 0.05) is 17.6 Å². The topological polar surface area (TPSA) is 105 Å². The summed E-state index contributed by atoms with van der Waals surface area (Å²) in [5, 5.41) is 3.50. The summed E-state index contributed by atoms with van der Waals surface area (Å²) in [7, 11) is -1.35. The van der Waals surface area contributed by atoms with Gasteiger partial charge in [-0.15, -0.1) is 0 Å².